The van der Waals surface area contributed by atoms with Crippen LogP contribution in [0.25, 0.3) is 0 Å². The molecule has 0 aliphatic rings. The SMILES string of the molecule is N#Cc1ccc(CNCCCC(F)(F)F)o1. The third-order valence-electron chi connectivity index (χ3n) is 1.88. The molecule has 1 aromatic heterocycles. The second-order valence-electron chi connectivity index (χ2n) is 3.27. The molecule has 0 aliphatic heterocycles. The molecule has 0 unspecified atom stereocenters. The Bertz CT molecular complexity index is 365. The normalized spacial score (nSPS) is 11.4. The van der Waals surface area contributed by atoms with E-state index in [-0.39, 0.29) is 18.7 Å². The average molecular weight is 232 g/mol. The van der Waals surface area contributed by atoms with Crippen LogP contribution in [0.4, 0.5) is 13.2 Å². The Kier molecular flexibility index (Phi) is 4.38. The van der Waals surface area contributed by atoms with Gasteiger partial charge in [0, 0.05) is 6.42 Å². The van der Waals surface area contributed by atoms with Gasteiger partial charge in [-0.3, -0.25) is 0 Å². The molecule has 0 saturated heterocycles. The molecule has 1 N–H and O–H groups in total. The summed E-state index contributed by atoms with van der Waals surface area (Å²) in [7, 11) is 0. The predicted molar refractivity (Wildman–Crippen MR) is 50.4 cm³/mol. The van der Waals surface area contributed by atoms with Crippen molar-refractivity contribution >= 4 is 0 Å². The van der Waals surface area contributed by atoms with Crippen LogP contribution in [0.2, 0.25) is 0 Å². The van der Waals surface area contributed by atoms with Crippen LogP contribution in [0.3, 0.4) is 0 Å². The van der Waals surface area contributed by atoms with Crippen LogP contribution in [-0.2, 0) is 6.54 Å². The summed E-state index contributed by atoms with van der Waals surface area (Å²) in [5.74, 6) is 0.746. The molecule has 88 valence electrons. The number of nitrogens with one attached hydrogen (secondary N) is 1. The Balaban J connectivity index is 2.14. The molecular weight excluding hydrogens is 221 g/mol. The number of nitriles is 1. The van der Waals surface area contributed by atoms with E-state index in [4.69, 9.17) is 9.68 Å². The summed E-state index contributed by atoms with van der Waals surface area (Å²) in [6, 6.07) is 4.97. The second-order valence-corrected chi connectivity index (χ2v) is 3.27. The van der Waals surface area contributed by atoms with E-state index in [1.807, 2.05) is 6.07 Å². The lowest BCUT2D eigenvalue weighted by Gasteiger charge is -2.06. The first-order chi connectivity index (χ1) is 7.51. The highest BCUT2D eigenvalue weighted by atomic mass is 19.4. The van der Waals surface area contributed by atoms with Crippen LogP contribution >= 0.6 is 0 Å². The van der Waals surface area contributed by atoms with Gasteiger partial charge in [0.2, 0.25) is 5.76 Å². The van der Waals surface area contributed by atoms with E-state index in [9.17, 15) is 13.2 Å². The smallest absolute Gasteiger partial charge is 0.389 e. The topological polar surface area (TPSA) is 49.0 Å². The lowest BCUT2D eigenvalue weighted by molar-refractivity contribution is -0.135. The van der Waals surface area contributed by atoms with Gasteiger partial charge in [-0.05, 0) is 25.1 Å². The molecule has 6 heteroatoms. The van der Waals surface area contributed by atoms with E-state index in [2.05, 4.69) is 5.32 Å². The Morgan fingerprint density at radius 2 is 2.12 bits per heavy atom. The van der Waals surface area contributed by atoms with Crippen molar-refractivity contribution in [3.8, 4) is 6.07 Å². The molecule has 1 aromatic rings. The number of furan rings is 1. The number of alkyl halides is 3. The van der Waals surface area contributed by atoms with Gasteiger partial charge in [0.25, 0.3) is 0 Å². The summed E-state index contributed by atoms with van der Waals surface area (Å²) in [6.45, 7) is 0.599. The Morgan fingerprint density at radius 1 is 1.38 bits per heavy atom. The van der Waals surface area contributed by atoms with Crippen molar-refractivity contribution in [2.45, 2.75) is 25.6 Å². The van der Waals surface area contributed by atoms with Gasteiger partial charge in [0.15, 0.2) is 0 Å². The number of halogens is 3. The Labute approximate surface area is 90.9 Å². The van der Waals surface area contributed by atoms with Crippen molar-refractivity contribution < 1.29 is 17.6 Å². The van der Waals surface area contributed by atoms with Crippen molar-refractivity contribution in [1.82, 2.24) is 5.32 Å². The molecule has 0 atom stereocenters. The van der Waals surface area contributed by atoms with E-state index in [0.29, 0.717) is 12.3 Å². The molecular formula is C10H11F3N2O. The lowest BCUT2D eigenvalue weighted by Crippen LogP contribution is -2.17. The molecule has 0 spiro atoms. The first-order valence-corrected chi connectivity index (χ1v) is 4.77. The van der Waals surface area contributed by atoms with E-state index in [0.717, 1.165) is 0 Å². The highest BCUT2D eigenvalue weighted by Gasteiger charge is 2.25. The standard InChI is InChI=1S/C10H11F3N2O/c11-10(12,13)4-1-5-15-7-9-3-2-8(6-14)16-9/h2-3,15H,1,4-5,7H2. The zero-order chi connectivity index (χ0) is 12.0. The number of hydrogen-bond acceptors (Lipinski definition) is 3. The van der Waals surface area contributed by atoms with Crippen LogP contribution in [0.1, 0.15) is 24.4 Å². The van der Waals surface area contributed by atoms with Crippen molar-refractivity contribution in [3.05, 3.63) is 23.7 Å². The fraction of sp³-hybridized carbons (Fsp3) is 0.500. The van der Waals surface area contributed by atoms with Gasteiger partial charge in [-0.25, -0.2) is 0 Å². The van der Waals surface area contributed by atoms with Gasteiger partial charge >= 0.3 is 6.18 Å². The minimum Gasteiger partial charge on any atom is -0.449 e. The maximum atomic E-state index is 11.8. The summed E-state index contributed by atoms with van der Waals surface area (Å²) >= 11 is 0. The molecule has 0 amide bonds. The highest BCUT2D eigenvalue weighted by Crippen LogP contribution is 2.20. The Morgan fingerprint density at radius 3 is 2.69 bits per heavy atom. The van der Waals surface area contributed by atoms with Crippen LogP contribution in [-0.4, -0.2) is 12.7 Å². The first kappa shape index (κ1) is 12.6. The van der Waals surface area contributed by atoms with E-state index < -0.39 is 12.6 Å². The lowest BCUT2D eigenvalue weighted by atomic mass is 10.3. The first-order valence-electron chi connectivity index (χ1n) is 4.77. The summed E-state index contributed by atoms with van der Waals surface area (Å²) in [6.07, 6.45) is -4.85. The predicted octanol–water partition coefficient (Wildman–Crippen LogP) is 2.58. The molecule has 0 fully saturated rings. The summed E-state index contributed by atoms with van der Waals surface area (Å²) in [5, 5.41) is 11.3. The van der Waals surface area contributed by atoms with E-state index in [1.54, 1.807) is 6.07 Å². The van der Waals surface area contributed by atoms with Gasteiger partial charge in [-0.1, -0.05) is 0 Å². The van der Waals surface area contributed by atoms with Crippen molar-refractivity contribution in [1.29, 1.82) is 5.26 Å². The molecule has 0 aliphatic carbocycles. The van der Waals surface area contributed by atoms with Gasteiger partial charge in [-0.15, -0.1) is 0 Å². The van der Waals surface area contributed by atoms with Crippen LogP contribution in [0.15, 0.2) is 16.5 Å². The summed E-state index contributed by atoms with van der Waals surface area (Å²) in [4.78, 5) is 0. The minimum atomic E-state index is -4.10. The molecule has 0 aromatic carbocycles. The minimum absolute atomic E-state index is 0.0370. The molecule has 3 nitrogen and oxygen atoms in total. The number of hydrogen-bond donors (Lipinski definition) is 1. The zero-order valence-corrected chi connectivity index (χ0v) is 8.47. The number of rotatable bonds is 5. The second kappa shape index (κ2) is 5.56. The largest absolute Gasteiger partial charge is 0.449 e. The van der Waals surface area contributed by atoms with Crippen LogP contribution in [0, 0.1) is 11.3 Å². The van der Waals surface area contributed by atoms with E-state index >= 15 is 0 Å². The third kappa shape index (κ3) is 4.84. The van der Waals surface area contributed by atoms with E-state index in [1.165, 1.54) is 6.07 Å². The average Bonchev–Trinajstić information content (AvgIpc) is 2.63. The molecule has 0 saturated carbocycles. The molecule has 16 heavy (non-hydrogen) atoms. The monoisotopic (exact) mass is 232 g/mol. The van der Waals surface area contributed by atoms with Crippen LogP contribution < -0.4 is 5.32 Å². The molecule has 1 rings (SSSR count). The Hall–Kier alpha value is -1.48. The van der Waals surface area contributed by atoms with Gasteiger partial charge < -0.3 is 9.73 Å². The zero-order valence-electron chi connectivity index (χ0n) is 8.47. The van der Waals surface area contributed by atoms with Crippen molar-refractivity contribution in [2.24, 2.45) is 0 Å². The van der Waals surface area contributed by atoms with Gasteiger partial charge in [0.1, 0.15) is 11.8 Å². The van der Waals surface area contributed by atoms with Gasteiger partial charge in [0.05, 0.1) is 6.54 Å². The third-order valence-corrected chi connectivity index (χ3v) is 1.88. The fourth-order valence-corrected chi connectivity index (χ4v) is 1.16. The molecule has 0 bridgehead atoms. The van der Waals surface area contributed by atoms with Crippen LogP contribution in [0.5, 0.6) is 0 Å². The number of nitrogens with zero attached hydrogens (tertiary/aromatic N) is 1. The van der Waals surface area contributed by atoms with Gasteiger partial charge in [-0.2, -0.15) is 18.4 Å². The molecule has 1 heterocycles. The maximum Gasteiger partial charge on any atom is 0.389 e. The fourth-order valence-electron chi connectivity index (χ4n) is 1.16. The maximum absolute atomic E-state index is 11.8. The highest BCUT2D eigenvalue weighted by molar-refractivity contribution is 5.18. The summed E-state index contributed by atoms with van der Waals surface area (Å²) < 4.78 is 40.4. The molecule has 0 radical (unpaired) electrons. The van der Waals surface area contributed by atoms with Crippen molar-refractivity contribution in [2.75, 3.05) is 6.54 Å². The summed E-state index contributed by atoms with van der Waals surface area (Å²) in [5.41, 5.74) is 0. The quantitative estimate of drug-likeness (QED) is 0.794. The van der Waals surface area contributed by atoms with Crippen molar-refractivity contribution in [3.63, 3.8) is 0 Å².